The number of nitrogens with zero attached hydrogens (tertiary/aromatic N) is 1. The molecule has 0 bridgehead atoms. The second-order valence-corrected chi connectivity index (χ2v) is 4.86. The van der Waals surface area contributed by atoms with Crippen LogP contribution in [0.4, 0.5) is 11.4 Å². The maximum atomic E-state index is 10.7. The summed E-state index contributed by atoms with van der Waals surface area (Å²) in [6.07, 6.45) is 0. The number of anilines is 1. The van der Waals surface area contributed by atoms with Gasteiger partial charge in [0.25, 0.3) is 5.69 Å². The maximum absolute atomic E-state index is 10.7. The van der Waals surface area contributed by atoms with E-state index in [2.05, 4.69) is 5.32 Å². The van der Waals surface area contributed by atoms with Crippen LogP contribution in [0.15, 0.2) is 36.4 Å². The number of nitro groups is 1. The van der Waals surface area contributed by atoms with Crippen molar-refractivity contribution in [2.75, 3.05) is 19.5 Å². The molecule has 0 saturated heterocycles. The Morgan fingerprint density at radius 3 is 2.55 bits per heavy atom. The molecule has 0 aliphatic rings. The summed E-state index contributed by atoms with van der Waals surface area (Å²) in [5, 5.41) is 14.1. The van der Waals surface area contributed by atoms with Crippen LogP contribution in [0.3, 0.4) is 0 Å². The standard InChI is InChI=1S/C15H15ClN2O4/c1-21-12-4-6-15(22-2)10(7-12)9-17-14-5-3-11(18(19)20)8-13(14)16/h3-8,17H,9H2,1-2H3. The summed E-state index contributed by atoms with van der Waals surface area (Å²) in [6, 6.07) is 9.76. The molecule has 2 rings (SSSR count). The fourth-order valence-corrected chi connectivity index (χ4v) is 2.21. The fourth-order valence-electron chi connectivity index (χ4n) is 1.97. The van der Waals surface area contributed by atoms with Crippen LogP contribution in [-0.4, -0.2) is 19.1 Å². The molecule has 0 spiro atoms. The van der Waals surface area contributed by atoms with Gasteiger partial charge in [0.05, 0.1) is 29.9 Å². The molecule has 22 heavy (non-hydrogen) atoms. The van der Waals surface area contributed by atoms with E-state index in [-0.39, 0.29) is 10.7 Å². The van der Waals surface area contributed by atoms with Crippen molar-refractivity contribution in [2.24, 2.45) is 0 Å². The van der Waals surface area contributed by atoms with Crippen LogP contribution >= 0.6 is 11.6 Å². The molecule has 0 amide bonds. The summed E-state index contributed by atoms with van der Waals surface area (Å²) in [5.74, 6) is 1.43. The van der Waals surface area contributed by atoms with E-state index >= 15 is 0 Å². The first-order chi connectivity index (χ1) is 10.5. The fraction of sp³-hybridized carbons (Fsp3) is 0.200. The average molecular weight is 323 g/mol. The van der Waals surface area contributed by atoms with Gasteiger partial charge in [0.15, 0.2) is 0 Å². The third-order valence-corrected chi connectivity index (χ3v) is 3.43. The highest BCUT2D eigenvalue weighted by atomic mass is 35.5. The minimum atomic E-state index is -0.485. The number of benzene rings is 2. The van der Waals surface area contributed by atoms with Gasteiger partial charge in [0, 0.05) is 24.2 Å². The lowest BCUT2D eigenvalue weighted by Crippen LogP contribution is -2.03. The molecule has 0 atom stereocenters. The molecule has 6 nitrogen and oxygen atoms in total. The Bertz CT molecular complexity index is 691. The predicted molar refractivity (Wildman–Crippen MR) is 85.0 cm³/mol. The maximum Gasteiger partial charge on any atom is 0.271 e. The lowest BCUT2D eigenvalue weighted by Gasteiger charge is -2.13. The van der Waals surface area contributed by atoms with Crippen molar-refractivity contribution in [3.8, 4) is 11.5 Å². The SMILES string of the molecule is COc1ccc(OC)c(CNc2ccc([N+](=O)[O-])cc2Cl)c1. The lowest BCUT2D eigenvalue weighted by atomic mass is 10.1. The molecule has 0 aliphatic heterocycles. The first-order valence-corrected chi connectivity index (χ1v) is 6.81. The molecule has 0 radical (unpaired) electrons. The Morgan fingerprint density at radius 1 is 1.18 bits per heavy atom. The second-order valence-electron chi connectivity index (χ2n) is 4.45. The molecule has 0 fully saturated rings. The number of rotatable bonds is 6. The normalized spacial score (nSPS) is 10.1. The van der Waals surface area contributed by atoms with E-state index in [4.69, 9.17) is 21.1 Å². The molecular weight excluding hydrogens is 308 g/mol. The molecule has 0 unspecified atom stereocenters. The molecule has 0 heterocycles. The molecule has 0 saturated carbocycles. The quantitative estimate of drug-likeness (QED) is 0.645. The largest absolute Gasteiger partial charge is 0.497 e. The number of nitrogens with one attached hydrogen (secondary N) is 1. The van der Waals surface area contributed by atoms with Gasteiger partial charge in [0.2, 0.25) is 0 Å². The van der Waals surface area contributed by atoms with E-state index in [1.807, 2.05) is 12.1 Å². The smallest absolute Gasteiger partial charge is 0.271 e. The summed E-state index contributed by atoms with van der Waals surface area (Å²) in [5.41, 5.74) is 1.45. The first-order valence-electron chi connectivity index (χ1n) is 6.44. The highest BCUT2D eigenvalue weighted by Crippen LogP contribution is 2.29. The van der Waals surface area contributed by atoms with Crippen molar-refractivity contribution < 1.29 is 14.4 Å². The van der Waals surface area contributed by atoms with Gasteiger partial charge >= 0.3 is 0 Å². The highest BCUT2D eigenvalue weighted by Gasteiger charge is 2.10. The van der Waals surface area contributed by atoms with Gasteiger partial charge < -0.3 is 14.8 Å². The third kappa shape index (κ3) is 3.59. The van der Waals surface area contributed by atoms with Crippen molar-refractivity contribution in [1.29, 1.82) is 0 Å². The van der Waals surface area contributed by atoms with Crippen LogP contribution in [0.5, 0.6) is 11.5 Å². The van der Waals surface area contributed by atoms with Gasteiger partial charge in [-0.1, -0.05) is 11.6 Å². The Labute approximate surface area is 132 Å². The topological polar surface area (TPSA) is 73.6 Å². The van der Waals surface area contributed by atoms with Crippen molar-refractivity contribution in [3.05, 3.63) is 57.1 Å². The summed E-state index contributed by atoms with van der Waals surface area (Å²) in [6.45, 7) is 0.442. The minimum absolute atomic E-state index is 0.0467. The Kier molecular flexibility index (Phi) is 5.06. The van der Waals surface area contributed by atoms with Gasteiger partial charge in [-0.2, -0.15) is 0 Å². The number of hydrogen-bond donors (Lipinski definition) is 1. The summed E-state index contributed by atoms with van der Waals surface area (Å²) >= 11 is 6.05. The molecule has 7 heteroatoms. The third-order valence-electron chi connectivity index (χ3n) is 3.12. The van der Waals surface area contributed by atoms with Crippen LogP contribution in [0.1, 0.15) is 5.56 Å². The number of nitro benzene ring substituents is 1. The lowest BCUT2D eigenvalue weighted by molar-refractivity contribution is -0.384. The van der Waals surface area contributed by atoms with Crippen LogP contribution in [0.2, 0.25) is 5.02 Å². The molecule has 1 N–H and O–H groups in total. The zero-order valence-corrected chi connectivity index (χ0v) is 12.9. The van der Waals surface area contributed by atoms with Crippen molar-refractivity contribution in [2.45, 2.75) is 6.54 Å². The monoisotopic (exact) mass is 322 g/mol. The summed E-state index contributed by atoms with van der Waals surface area (Å²) in [4.78, 5) is 10.2. The molecular formula is C15H15ClN2O4. The van der Waals surface area contributed by atoms with Gasteiger partial charge in [0.1, 0.15) is 11.5 Å². The van der Waals surface area contributed by atoms with E-state index in [9.17, 15) is 10.1 Å². The van der Waals surface area contributed by atoms with Crippen molar-refractivity contribution in [3.63, 3.8) is 0 Å². The van der Waals surface area contributed by atoms with Crippen molar-refractivity contribution in [1.82, 2.24) is 0 Å². The van der Waals surface area contributed by atoms with Crippen LogP contribution in [0, 0.1) is 10.1 Å². The Hall–Kier alpha value is -2.47. The van der Waals surface area contributed by atoms with E-state index in [1.54, 1.807) is 26.4 Å². The van der Waals surface area contributed by atoms with Gasteiger partial charge in [-0.25, -0.2) is 0 Å². The van der Waals surface area contributed by atoms with Gasteiger partial charge in [-0.05, 0) is 24.3 Å². The second kappa shape index (κ2) is 7.00. The molecule has 2 aromatic rings. The zero-order valence-electron chi connectivity index (χ0n) is 12.1. The summed E-state index contributed by atoms with van der Waals surface area (Å²) in [7, 11) is 3.18. The molecule has 0 aromatic heterocycles. The van der Waals surface area contributed by atoms with Crippen LogP contribution in [0.25, 0.3) is 0 Å². The van der Waals surface area contributed by atoms with Gasteiger partial charge in [-0.3, -0.25) is 10.1 Å². The minimum Gasteiger partial charge on any atom is -0.497 e. The number of hydrogen-bond acceptors (Lipinski definition) is 5. The Morgan fingerprint density at radius 2 is 1.95 bits per heavy atom. The average Bonchev–Trinajstić information content (AvgIpc) is 2.53. The molecule has 116 valence electrons. The summed E-state index contributed by atoms with van der Waals surface area (Å²) < 4.78 is 10.5. The van der Waals surface area contributed by atoms with E-state index in [1.165, 1.54) is 12.1 Å². The number of methoxy groups -OCH3 is 2. The van der Waals surface area contributed by atoms with E-state index in [0.29, 0.717) is 23.7 Å². The first kappa shape index (κ1) is 15.9. The van der Waals surface area contributed by atoms with Gasteiger partial charge in [-0.15, -0.1) is 0 Å². The van der Waals surface area contributed by atoms with E-state index < -0.39 is 4.92 Å². The number of ether oxygens (including phenoxy) is 2. The van der Waals surface area contributed by atoms with E-state index in [0.717, 1.165) is 5.56 Å². The van der Waals surface area contributed by atoms with Crippen LogP contribution < -0.4 is 14.8 Å². The van der Waals surface area contributed by atoms with Crippen LogP contribution in [-0.2, 0) is 6.54 Å². The molecule has 0 aliphatic carbocycles. The number of non-ortho nitro benzene ring substituents is 1. The zero-order chi connectivity index (χ0) is 16.1. The predicted octanol–water partition coefficient (Wildman–Crippen LogP) is 3.88. The highest BCUT2D eigenvalue weighted by molar-refractivity contribution is 6.33. The molecule has 2 aromatic carbocycles. The number of halogens is 1. The van der Waals surface area contributed by atoms with Crippen molar-refractivity contribution >= 4 is 23.0 Å². The Balaban J connectivity index is 2.18.